The van der Waals surface area contributed by atoms with Gasteiger partial charge in [0.25, 0.3) is 0 Å². The predicted molar refractivity (Wildman–Crippen MR) is 40.1 cm³/mol. The van der Waals surface area contributed by atoms with Gasteiger partial charge in [-0.2, -0.15) is 26.3 Å². The van der Waals surface area contributed by atoms with Crippen LogP contribution >= 0.6 is 0 Å². The summed E-state index contributed by atoms with van der Waals surface area (Å²) in [6, 6.07) is 0. The van der Waals surface area contributed by atoms with Gasteiger partial charge < -0.3 is 9.84 Å². The number of hydrogen-bond donors (Lipinski definition) is 1. The zero-order valence-electron chi connectivity index (χ0n) is 8.30. The zero-order valence-corrected chi connectivity index (χ0v) is 8.30. The van der Waals surface area contributed by atoms with E-state index in [-0.39, 0.29) is 0 Å². The molecule has 0 saturated carbocycles. The molecule has 18 heavy (non-hydrogen) atoms. The van der Waals surface area contributed by atoms with E-state index < -0.39 is 48.0 Å². The highest BCUT2D eigenvalue weighted by Crippen LogP contribution is 2.50. The van der Waals surface area contributed by atoms with Gasteiger partial charge >= 0.3 is 30.0 Å². The number of aliphatic carboxylic acids is 1. The van der Waals surface area contributed by atoms with E-state index in [9.17, 15) is 35.9 Å². The number of carboxylic acid groups (broad SMARTS) is 1. The molecule has 1 rings (SSSR count). The van der Waals surface area contributed by atoms with Crippen LogP contribution in [0.25, 0.3) is 0 Å². The van der Waals surface area contributed by atoms with Gasteiger partial charge in [-0.25, -0.2) is 4.90 Å². The molecule has 0 spiro atoms. The lowest BCUT2D eigenvalue weighted by molar-refractivity contribution is -0.399. The molecule has 5 nitrogen and oxygen atoms in total. The fourth-order valence-electron chi connectivity index (χ4n) is 1.49. The molecule has 1 fully saturated rings. The van der Waals surface area contributed by atoms with Gasteiger partial charge in [0, 0.05) is 0 Å². The quantitative estimate of drug-likeness (QED) is 0.597. The Hall–Kier alpha value is -1.52. The summed E-state index contributed by atoms with van der Waals surface area (Å²) in [6.07, 6.45) is -12.0. The topological polar surface area (TPSA) is 66.8 Å². The van der Waals surface area contributed by atoms with Crippen molar-refractivity contribution in [1.29, 1.82) is 0 Å². The van der Waals surface area contributed by atoms with E-state index in [1.54, 1.807) is 0 Å². The van der Waals surface area contributed by atoms with Crippen LogP contribution in [0.3, 0.4) is 0 Å². The van der Waals surface area contributed by atoms with E-state index in [0.717, 1.165) is 0 Å². The largest absolute Gasteiger partial charge is 0.480 e. The molecule has 0 radical (unpaired) electrons. The van der Waals surface area contributed by atoms with Crippen LogP contribution in [0.5, 0.6) is 0 Å². The Labute approximate surface area is 94.9 Å². The van der Waals surface area contributed by atoms with Crippen LogP contribution in [0.2, 0.25) is 0 Å². The highest BCUT2D eigenvalue weighted by Gasteiger charge is 2.80. The summed E-state index contributed by atoms with van der Waals surface area (Å²) in [4.78, 5) is 20.3. The van der Waals surface area contributed by atoms with Crippen molar-refractivity contribution in [2.45, 2.75) is 18.1 Å². The minimum Gasteiger partial charge on any atom is -0.480 e. The Balaban J connectivity index is 3.31. The van der Waals surface area contributed by atoms with Crippen molar-refractivity contribution in [3.8, 4) is 0 Å². The van der Waals surface area contributed by atoms with Crippen molar-refractivity contribution in [3.05, 3.63) is 0 Å². The summed E-state index contributed by atoms with van der Waals surface area (Å²) in [6.45, 7) is -3.05. The van der Waals surface area contributed by atoms with Gasteiger partial charge in [-0.15, -0.1) is 0 Å². The minimum atomic E-state index is -6.01. The van der Waals surface area contributed by atoms with E-state index in [1.807, 2.05) is 0 Å². The van der Waals surface area contributed by atoms with E-state index >= 15 is 0 Å². The predicted octanol–water partition coefficient (Wildman–Crippen LogP) is 0.751. The van der Waals surface area contributed by atoms with Crippen molar-refractivity contribution in [2.24, 2.45) is 0 Å². The molecule has 11 heteroatoms. The summed E-state index contributed by atoms with van der Waals surface area (Å²) in [5.74, 6) is -3.75. The second-order valence-corrected chi connectivity index (χ2v) is 3.36. The lowest BCUT2D eigenvalue weighted by Gasteiger charge is -2.37. The number of ether oxygens (including phenoxy) is 1. The Bertz CT molecular complexity index is 361. The minimum absolute atomic E-state index is 0.613. The number of halogens is 6. The van der Waals surface area contributed by atoms with Crippen LogP contribution in [0, 0.1) is 0 Å². The number of rotatable bonds is 2. The molecule has 1 aliphatic heterocycles. The van der Waals surface area contributed by atoms with Gasteiger partial charge in [-0.3, -0.25) is 9.59 Å². The fraction of sp³-hybridized carbons (Fsp3) is 0.714. The number of carbonyl (C=O) groups excluding carboxylic acids is 1. The molecule has 104 valence electrons. The first-order chi connectivity index (χ1) is 7.92. The maximum absolute atomic E-state index is 12.6. The molecule has 1 heterocycles. The molecule has 0 unspecified atom stereocenters. The number of alkyl halides is 6. The van der Waals surface area contributed by atoms with Crippen LogP contribution in [0.1, 0.15) is 0 Å². The summed E-state index contributed by atoms with van der Waals surface area (Å²) >= 11 is 0. The Morgan fingerprint density at radius 2 is 1.72 bits per heavy atom. The summed E-state index contributed by atoms with van der Waals surface area (Å²) < 4.78 is 78.7. The summed E-state index contributed by atoms with van der Waals surface area (Å²) in [7, 11) is 0. The first-order valence-corrected chi connectivity index (χ1v) is 4.24. The molecule has 0 aromatic carbocycles. The van der Waals surface area contributed by atoms with Crippen molar-refractivity contribution in [1.82, 2.24) is 4.90 Å². The fourth-order valence-corrected chi connectivity index (χ4v) is 1.49. The van der Waals surface area contributed by atoms with Gasteiger partial charge in [-0.1, -0.05) is 0 Å². The molecule has 0 aromatic heterocycles. The van der Waals surface area contributed by atoms with Crippen LogP contribution < -0.4 is 0 Å². The molecule has 0 aliphatic carbocycles. The van der Waals surface area contributed by atoms with Crippen LogP contribution in [0.4, 0.5) is 26.3 Å². The molecule has 0 atom stereocenters. The molecule has 1 N–H and O–H groups in total. The third-order valence-corrected chi connectivity index (χ3v) is 2.12. The van der Waals surface area contributed by atoms with E-state index in [0.29, 0.717) is 0 Å². The molecule has 0 bridgehead atoms. The van der Waals surface area contributed by atoms with E-state index in [4.69, 9.17) is 5.11 Å². The molecular weight excluding hydrogens is 276 g/mol. The van der Waals surface area contributed by atoms with Gasteiger partial charge in [0.15, 0.2) is 0 Å². The monoisotopic (exact) mass is 281 g/mol. The molecule has 0 amide bonds. The highest BCUT2D eigenvalue weighted by molar-refractivity contribution is 5.77. The third kappa shape index (κ3) is 2.09. The zero-order chi connectivity index (χ0) is 14.4. The van der Waals surface area contributed by atoms with Crippen LogP contribution in [-0.2, 0) is 14.3 Å². The highest BCUT2D eigenvalue weighted by atomic mass is 19.4. The SMILES string of the molecule is O=C(O)CN1CC(=O)OC1(C(F)(F)F)C(F)(F)F. The van der Waals surface area contributed by atoms with E-state index in [1.165, 1.54) is 0 Å². The Morgan fingerprint density at radius 1 is 1.28 bits per heavy atom. The van der Waals surface area contributed by atoms with Gasteiger partial charge in [-0.05, 0) is 0 Å². The smallest absolute Gasteiger partial charge is 0.453 e. The maximum Gasteiger partial charge on any atom is 0.453 e. The lowest BCUT2D eigenvalue weighted by atomic mass is 10.1. The third-order valence-electron chi connectivity index (χ3n) is 2.12. The first-order valence-electron chi connectivity index (χ1n) is 4.24. The van der Waals surface area contributed by atoms with Crippen molar-refractivity contribution < 1.29 is 45.8 Å². The van der Waals surface area contributed by atoms with E-state index in [2.05, 4.69) is 4.74 Å². The second-order valence-electron chi connectivity index (χ2n) is 3.36. The number of nitrogens with zero attached hydrogens (tertiary/aromatic N) is 1. The van der Waals surface area contributed by atoms with Gasteiger partial charge in [0.1, 0.15) is 13.1 Å². The van der Waals surface area contributed by atoms with Crippen LogP contribution in [0.15, 0.2) is 0 Å². The van der Waals surface area contributed by atoms with Gasteiger partial charge in [0.2, 0.25) is 0 Å². The standard InChI is InChI=1S/C7H5F6NO4/c8-6(9,10)5(7(11,12)13)14(1-3(15)16)2-4(17)18-5/h1-2H2,(H,15,16). The van der Waals surface area contributed by atoms with Crippen LogP contribution in [-0.4, -0.2) is 53.1 Å². The first kappa shape index (κ1) is 14.5. The Morgan fingerprint density at radius 3 is 2.06 bits per heavy atom. The lowest BCUT2D eigenvalue weighted by Crippen LogP contribution is -2.66. The number of hydrogen-bond acceptors (Lipinski definition) is 4. The molecular formula is C7H5F6NO4. The number of cyclic esters (lactones) is 1. The number of esters is 1. The number of carboxylic acids is 1. The van der Waals surface area contributed by atoms with Crippen molar-refractivity contribution in [2.75, 3.05) is 13.1 Å². The number of carbonyl (C=O) groups is 2. The second kappa shape index (κ2) is 4.00. The summed E-state index contributed by atoms with van der Waals surface area (Å²) in [5.41, 5.74) is -4.91. The normalized spacial score (nSPS) is 20.9. The van der Waals surface area contributed by atoms with Crippen molar-refractivity contribution >= 4 is 11.9 Å². The molecule has 0 aromatic rings. The maximum atomic E-state index is 12.6. The molecule has 1 aliphatic rings. The average Bonchev–Trinajstić information content (AvgIpc) is 2.39. The average molecular weight is 281 g/mol. The van der Waals surface area contributed by atoms with Gasteiger partial charge in [0.05, 0.1) is 0 Å². The summed E-state index contributed by atoms with van der Waals surface area (Å²) in [5, 5.41) is 8.28. The molecule has 1 saturated heterocycles. The Kier molecular flexibility index (Phi) is 3.23. The van der Waals surface area contributed by atoms with Crippen molar-refractivity contribution in [3.63, 3.8) is 0 Å².